The molecule has 16 heavy (non-hydrogen) atoms. The molecular weight excluding hydrogens is 222 g/mol. The minimum Gasteiger partial charge on any atom is -0.394 e. The Labute approximate surface area is 98.8 Å². The van der Waals surface area contributed by atoms with Gasteiger partial charge in [-0.05, 0) is 12.1 Å². The standard InChI is InChI=1S/C12H15NO2S/c14-5-6-15-7-8-16-12-9-10-3-1-2-4-11(10)13-12/h1-4,9,13-14H,5-8H2. The third kappa shape index (κ3) is 3.01. The largest absolute Gasteiger partial charge is 0.394 e. The third-order valence-corrected chi connectivity index (χ3v) is 3.13. The number of aliphatic hydroxyl groups excluding tert-OH is 1. The first kappa shape index (κ1) is 11.5. The van der Waals surface area contributed by atoms with Crippen molar-refractivity contribution in [2.75, 3.05) is 25.6 Å². The predicted octanol–water partition coefficient (Wildman–Crippen LogP) is 2.27. The molecule has 0 fully saturated rings. The molecule has 0 saturated carbocycles. The highest BCUT2D eigenvalue weighted by atomic mass is 32.2. The van der Waals surface area contributed by atoms with Crippen molar-refractivity contribution in [1.82, 2.24) is 4.98 Å². The highest BCUT2D eigenvalue weighted by Crippen LogP contribution is 2.22. The molecule has 1 aromatic heterocycles. The van der Waals surface area contributed by atoms with Crippen molar-refractivity contribution in [1.29, 1.82) is 0 Å². The number of fused-ring (bicyclic) bond motifs is 1. The summed E-state index contributed by atoms with van der Waals surface area (Å²) in [6.45, 7) is 1.19. The predicted molar refractivity (Wildman–Crippen MR) is 66.9 cm³/mol. The lowest BCUT2D eigenvalue weighted by molar-refractivity contribution is 0.103. The van der Waals surface area contributed by atoms with Crippen molar-refractivity contribution in [2.24, 2.45) is 0 Å². The Morgan fingerprint density at radius 2 is 2.12 bits per heavy atom. The lowest BCUT2D eigenvalue weighted by atomic mass is 10.3. The number of nitrogens with one attached hydrogen (secondary N) is 1. The van der Waals surface area contributed by atoms with E-state index < -0.39 is 0 Å². The first-order valence-electron chi connectivity index (χ1n) is 5.29. The smallest absolute Gasteiger partial charge is 0.0733 e. The van der Waals surface area contributed by atoms with Crippen LogP contribution in [-0.2, 0) is 4.74 Å². The molecule has 0 radical (unpaired) electrons. The molecule has 2 aromatic rings. The van der Waals surface area contributed by atoms with Gasteiger partial charge in [0.2, 0.25) is 0 Å². The summed E-state index contributed by atoms with van der Waals surface area (Å²) in [6.07, 6.45) is 0. The molecule has 86 valence electrons. The van der Waals surface area contributed by atoms with Crippen LogP contribution < -0.4 is 0 Å². The van der Waals surface area contributed by atoms with Crippen LogP contribution in [0.2, 0.25) is 0 Å². The number of hydrogen-bond donors (Lipinski definition) is 2. The number of thioether (sulfide) groups is 1. The zero-order valence-electron chi connectivity index (χ0n) is 8.98. The Morgan fingerprint density at radius 3 is 2.94 bits per heavy atom. The van der Waals surface area contributed by atoms with Gasteiger partial charge >= 0.3 is 0 Å². The lowest BCUT2D eigenvalue weighted by Gasteiger charge is -2.00. The summed E-state index contributed by atoms with van der Waals surface area (Å²) in [4.78, 5) is 3.34. The van der Waals surface area contributed by atoms with Crippen molar-refractivity contribution < 1.29 is 9.84 Å². The Balaban J connectivity index is 1.85. The highest BCUT2D eigenvalue weighted by Gasteiger charge is 1.99. The second-order valence-electron chi connectivity index (χ2n) is 3.41. The van der Waals surface area contributed by atoms with Gasteiger partial charge in [0.05, 0.1) is 24.8 Å². The normalized spacial score (nSPS) is 11.1. The summed E-state index contributed by atoms with van der Waals surface area (Å²) < 4.78 is 5.19. The molecule has 0 saturated heterocycles. The maximum atomic E-state index is 8.54. The molecule has 0 aliphatic carbocycles. The van der Waals surface area contributed by atoms with Gasteiger partial charge in [0, 0.05) is 16.7 Å². The molecule has 1 heterocycles. The van der Waals surface area contributed by atoms with E-state index in [-0.39, 0.29) is 6.61 Å². The van der Waals surface area contributed by atoms with Crippen LogP contribution in [0.25, 0.3) is 10.9 Å². The molecule has 0 aliphatic rings. The minimum absolute atomic E-state index is 0.0943. The van der Waals surface area contributed by atoms with Gasteiger partial charge < -0.3 is 14.8 Å². The number of aromatic amines is 1. The van der Waals surface area contributed by atoms with Gasteiger partial charge in [0.15, 0.2) is 0 Å². The Morgan fingerprint density at radius 1 is 1.25 bits per heavy atom. The van der Waals surface area contributed by atoms with Crippen LogP contribution in [0.1, 0.15) is 0 Å². The Kier molecular flexibility index (Phi) is 4.27. The number of benzene rings is 1. The van der Waals surface area contributed by atoms with Crippen molar-refractivity contribution in [2.45, 2.75) is 5.03 Å². The van der Waals surface area contributed by atoms with E-state index in [2.05, 4.69) is 23.2 Å². The van der Waals surface area contributed by atoms with Crippen molar-refractivity contribution in [3.05, 3.63) is 30.3 Å². The zero-order valence-corrected chi connectivity index (χ0v) is 9.80. The van der Waals surface area contributed by atoms with Crippen LogP contribution >= 0.6 is 11.8 Å². The fourth-order valence-electron chi connectivity index (χ4n) is 1.50. The molecule has 2 rings (SSSR count). The summed E-state index contributed by atoms with van der Waals surface area (Å²) in [5, 5.41) is 10.9. The first-order valence-corrected chi connectivity index (χ1v) is 6.28. The maximum absolute atomic E-state index is 8.54. The molecule has 0 unspecified atom stereocenters. The second-order valence-corrected chi connectivity index (χ2v) is 4.54. The van der Waals surface area contributed by atoms with Crippen molar-refractivity contribution >= 4 is 22.7 Å². The van der Waals surface area contributed by atoms with Crippen LogP contribution in [-0.4, -0.2) is 35.7 Å². The summed E-state index contributed by atoms with van der Waals surface area (Å²) in [6, 6.07) is 10.4. The number of para-hydroxylation sites is 1. The highest BCUT2D eigenvalue weighted by molar-refractivity contribution is 7.99. The van der Waals surface area contributed by atoms with Gasteiger partial charge in [0.1, 0.15) is 0 Å². The van der Waals surface area contributed by atoms with E-state index in [9.17, 15) is 0 Å². The average Bonchev–Trinajstić information content (AvgIpc) is 2.71. The van der Waals surface area contributed by atoms with Gasteiger partial charge in [-0.2, -0.15) is 0 Å². The number of aliphatic hydroxyl groups is 1. The monoisotopic (exact) mass is 237 g/mol. The summed E-state index contributed by atoms with van der Waals surface area (Å²) >= 11 is 1.73. The van der Waals surface area contributed by atoms with Crippen LogP contribution in [0, 0.1) is 0 Å². The van der Waals surface area contributed by atoms with E-state index in [0.29, 0.717) is 13.2 Å². The zero-order chi connectivity index (χ0) is 11.2. The van der Waals surface area contributed by atoms with Crippen LogP contribution in [0.4, 0.5) is 0 Å². The fourth-order valence-corrected chi connectivity index (χ4v) is 2.32. The Bertz CT molecular complexity index is 408. The SMILES string of the molecule is OCCOCCSc1cc2ccccc2[nH]1. The third-order valence-electron chi connectivity index (χ3n) is 2.23. The topological polar surface area (TPSA) is 45.2 Å². The molecule has 0 aliphatic heterocycles. The molecule has 0 atom stereocenters. The molecule has 4 heteroatoms. The molecule has 2 N–H and O–H groups in total. The summed E-state index contributed by atoms with van der Waals surface area (Å²) in [5.74, 6) is 0.896. The quantitative estimate of drug-likeness (QED) is 0.598. The molecule has 0 spiro atoms. The second kappa shape index (κ2) is 5.94. The number of rotatable bonds is 6. The molecule has 0 bridgehead atoms. The summed E-state index contributed by atoms with van der Waals surface area (Å²) in [5.41, 5.74) is 1.17. The minimum atomic E-state index is 0.0943. The summed E-state index contributed by atoms with van der Waals surface area (Å²) in [7, 11) is 0. The van der Waals surface area contributed by atoms with Crippen molar-refractivity contribution in [3.63, 3.8) is 0 Å². The van der Waals surface area contributed by atoms with Gasteiger partial charge in [-0.3, -0.25) is 0 Å². The molecule has 3 nitrogen and oxygen atoms in total. The van der Waals surface area contributed by atoms with E-state index >= 15 is 0 Å². The average molecular weight is 237 g/mol. The van der Waals surface area contributed by atoms with E-state index in [1.165, 1.54) is 10.9 Å². The van der Waals surface area contributed by atoms with Gasteiger partial charge in [0.25, 0.3) is 0 Å². The number of aromatic nitrogens is 1. The van der Waals surface area contributed by atoms with E-state index in [0.717, 1.165) is 10.8 Å². The fraction of sp³-hybridized carbons (Fsp3) is 0.333. The number of hydrogen-bond acceptors (Lipinski definition) is 3. The van der Waals surface area contributed by atoms with Crippen molar-refractivity contribution in [3.8, 4) is 0 Å². The van der Waals surface area contributed by atoms with E-state index in [1.807, 2.05) is 12.1 Å². The lowest BCUT2D eigenvalue weighted by Crippen LogP contribution is -2.02. The van der Waals surface area contributed by atoms with E-state index in [4.69, 9.17) is 9.84 Å². The van der Waals surface area contributed by atoms with E-state index in [1.54, 1.807) is 11.8 Å². The van der Waals surface area contributed by atoms with Crippen LogP contribution in [0.3, 0.4) is 0 Å². The van der Waals surface area contributed by atoms with Gasteiger partial charge in [-0.1, -0.05) is 18.2 Å². The molecular formula is C12H15NO2S. The maximum Gasteiger partial charge on any atom is 0.0733 e. The van der Waals surface area contributed by atoms with Crippen LogP contribution in [0.5, 0.6) is 0 Å². The first-order chi connectivity index (χ1) is 7.90. The van der Waals surface area contributed by atoms with Gasteiger partial charge in [-0.25, -0.2) is 0 Å². The molecule has 1 aromatic carbocycles. The van der Waals surface area contributed by atoms with Gasteiger partial charge in [-0.15, -0.1) is 11.8 Å². The number of ether oxygens (including phenoxy) is 1. The van der Waals surface area contributed by atoms with Crippen LogP contribution in [0.15, 0.2) is 35.4 Å². The molecule has 0 amide bonds. The Hall–Kier alpha value is -0.970. The number of H-pyrrole nitrogens is 1.